The Balaban J connectivity index is 1.55. The van der Waals surface area contributed by atoms with Gasteiger partial charge in [-0.2, -0.15) is 10.1 Å². The highest BCUT2D eigenvalue weighted by atomic mass is 16.5. The second-order valence-corrected chi connectivity index (χ2v) is 8.69. The maximum absolute atomic E-state index is 9.75. The average molecular weight is 470 g/mol. The van der Waals surface area contributed by atoms with Crippen molar-refractivity contribution in [1.82, 2.24) is 25.1 Å². The number of aliphatic hydroxyl groups excluding tert-OH is 1. The number of ether oxygens (including phenoxy) is 2. The normalized spacial score (nSPS) is 15.5. The van der Waals surface area contributed by atoms with Gasteiger partial charge in [-0.1, -0.05) is 25.5 Å². The van der Waals surface area contributed by atoms with Gasteiger partial charge < -0.3 is 30.9 Å². The number of benzene rings is 1. The molecule has 0 bridgehead atoms. The summed E-state index contributed by atoms with van der Waals surface area (Å²) in [4.78, 5) is 8.74. The Kier molecular flexibility index (Phi) is 8.15. The fourth-order valence-electron chi connectivity index (χ4n) is 4.34. The van der Waals surface area contributed by atoms with Gasteiger partial charge in [0.1, 0.15) is 16.8 Å². The van der Waals surface area contributed by atoms with Crippen LogP contribution in [0.2, 0.25) is 0 Å². The summed E-state index contributed by atoms with van der Waals surface area (Å²) in [6, 6.07) is 6.63. The summed E-state index contributed by atoms with van der Waals surface area (Å²) in [6.07, 6.45) is 5.52. The van der Waals surface area contributed by atoms with Crippen LogP contribution in [0.5, 0.6) is 5.75 Å². The maximum atomic E-state index is 9.75. The Morgan fingerprint density at radius 2 is 2.12 bits per heavy atom. The SMILES string of the molecule is CCC[C@@H](CO)Nc1nc(N)nc2cnn(Cc3ccc(CNC4CCOCC4)cc3OC)c12. The maximum Gasteiger partial charge on any atom is 0.222 e. The first-order valence-corrected chi connectivity index (χ1v) is 11.9. The lowest BCUT2D eigenvalue weighted by Crippen LogP contribution is -2.34. The molecule has 0 aliphatic carbocycles. The van der Waals surface area contributed by atoms with E-state index in [1.165, 1.54) is 5.56 Å². The van der Waals surface area contributed by atoms with Crippen molar-refractivity contribution in [3.05, 3.63) is 35.5 Å². The molecule has 1 aliphatic heterocycles. The molecule has 184 valence electrons. The van der Waals surface area contributed by atoms with Crippen molar-refractivity contribution in [3.63, 3.8) is 0 Å². The molecular weight excluding hydrogens is 434 g/mol. The molecule has 2 aromatic heterocycles. The molecule has 0 radical (unpaired) electrons. The lowest BCUT2D eigenvalue weighted by molar-refractivity contribution is 0.0776. The third-order valence-electron chi connectivity index (χ3n) is 6.19. The largest absolute Gasteiger partial charge is 0.496 e. The topological polar surface area (TPSA) is 132 Å². The lowest BCUT2D eigenvalue weighted by atomic mass is 10.1. The van der Waals surface area contributed by atoms with E-state index in [0.29, 0.717) is 23.9 Å². The van der Waals surface area contributed by atoms with Crippen LogP contribution in [0, 0.1) is 0 Å². The van der Waals surface area contributed by atoms with E-state index in [-0.39, 0.29) is 18.6 Å². The quantitative estimate of drug-likeness (QED) is 0.334. The lowest BCUT2D eigenvalue weighted by Gasteiger charge is -2.23. The predicted molar refractivity (Wildman–Crippen MR) is 132 cm³/mol. The van der Waals surface area contributed by atoms with Crippen molar-refractivity contribution < 1.29 is 14.6 Å². The number of nitrogens with zero attached hydrogens (tertiary/aromatic N) is 4. The van der Waals surface area contributed by atoms with Crippen LogP contribution in [-0.2, 0) is 17.8 Å². The van der Waals surface area contributed by atoms with Gasteiger partial charge in [0.05, 0.1) is 32.5 Å². The third-order valence-corrected chi connectivity index (χ3v) is 6.19. The molecule has 34 heavy (non-hydrogen) atoms. The average Bonchev–Trinajstić information content (AvgIpc) is 3.26. The highest BCUT2D eigenvalue weighted by Crippen LogP contribution is 2.26. The Hall–Kier alpha value is -2.95. The summed E-state index contributed by atoms with van der Waals surface area (Å²) >= 11 is 0. The van der Waals surface area contributed by atoms with Gasteiger partial charge >= 0.3 is 0 Å². The number of nitrogens with one attached hydrogen (secondary N) is 2. The number of methoxy groups -OCH3 is 1. The number of nitrogens with two attached hydrogens (primary N) is 1. The predicted octanol–water partition coefficient (Wildman–Crippen LogP) is 2.31. The summed E-state index contributed by atoms with van der Waals surface area (Å²) < 4.78 is 13.0. The molecule has 0 spiro atoms. The van der Waals surface area contributed by atoms with E-state index in [4.69, 9.17) is 15.2 Å². The molecule has 1 aromatic carbocycles. The summed E-state index contributed by atoms with van der Waals surface area (Å²) in [6.45, 7) is 4.99. The molecule has 5 N–H and O–H groups in total. The van der Waals surface area contributed by atoms with Crippen LogP contribution in [-0.4, -0.2) is 63.9 Å². The molecular formula is C24H35N7O3. The minimum absolute atomic E-state index is 0.00454. The van der Waals surface area contributed by atoms with E-state index < -0.39 is 0 Å². The molecule has 3 aromatic rings. The fourth-order valence-corrected chi connectivity index (χ4v) is 4.34. The van der Waals surface area contributed by atoms with Crippen LogP contribution in [0.1, 0.15) is 43.7 Å². The van der Waals surface area contributed by atoms with Crippen LogP contribution in [0.15, 0.2) is 24.4 Å². The van der Waals surface area contributed by atoms with Crippen LogP contribution >= 0.6 is 0 Å². The standard InChI is InChI=1S/C24H35N7O3/c1-3-4-19(15-32)28-23-22-20(29-24(25)30-23)13-27-31(22)14-17-6-5-16(11-21(17)33-2)12-26-18-7-9-34-10-8-18/h5-6,11,13,18-19,26,32H,3-4,7-10,12,14-15H2,1-2H3,(H3,25,28,29,30)/t19-/m0/s1. The molecule has 1 atom stereocenters. The van der Waals surface area contributed by atoms with Crippen molar-refractivity contribution >= 4 is 22.8 Å². The van der Waals surface area contributed by atoms with Gasteiger partial charge in [0, 0.05) is 31.4 Å². The third kappa shape index (κ3) is 5.75. The summed E-state index contributed by atoms with van der Waals surface area (Å²) in [5.41, 5.74) is 9.49. The summed E-state index contributed by atoms with van der Waals surface area (Å²) in [5, 5.41) is 21.2. The second-order valence-electron chi connectivity index (χ2n) is 8.69. The number of fused-ring (bicyclic) bond motifs is 1. The van der Waals surface area contributed by atoms with Gasteiger partial charge in [0.25, 0.3) is 0 Å². The van der Waals surface area contributed by atoms with Crippen molar-refractivity contribution in [2.75, 3.05) is 38.0 Å². The number of hydrogen-bond donors (Lipinski definition) is 4. The number of aromatic nitrogens is 4. The van der Waals surface area contributed by atoms with Crippen LogP contribution < -0.4 is 21.1 Å². The minimum atomic E-state index is -0.122. The van der Waals surface area contributed by atoms with E-state index in [2.05, 4.69) is 50.8 Å². The van der Waals surface area contributed by atoms with Gasteiger partial charge in [0.2, 0.25) is 5.95 Å². The number of aliphatic hydroxyl groups is 1. The first-order valence-electron chi connectivity index (χ1n) is 11.9. The zero-order valence-corrected chi connectivity index (χ0v) is 20.0. The molecule has 10 nitrogen and oxygen atoms in total. The molecule has 0 unspecified atom stereocenters. The number of nitrogen functional groups attached to an aromatic ring is 1. The number of rotatable bonds is 11. The van der Waals surface area contributed by atoms with Crippen molar-refractivity contribution in [2.45, 2.75) is 57.8 Å². The fraction of sp³-hybridized carbons (Fsp3) is 0.542. The second kappa shape index (κ2) is 11.5. The Morgan fingerprint density at radius 1 is 1.29 bits per heavy atom. The van der Waals surface area contributed by atoms with E-state index in [1.54, 1.807) is 13.3 Å². The first-order chi connectivity index (χ1) is 16.6. The number of anilines is 2. The van der Waals surface area contributed by atoms with Crippen molar-refractivity contribution in [1.29, 1.82) is 0 Å². The Bertz CT molecular complexity index is 1080. The Labute approximate surface area is 199 Å². The molecule has 4 rings (SSSR count). The van der Waals surface area contributed by atoms with Crippen molar-refractivity contribution in [3.8, 4) is 5.75 Å². The molecule has 1 saturated heterocycles. The molecule has 10 heteroatoms. The first kappa shape index (κ1) is 24.2. The van der Waals surface area contributed by atoms with Crippen LogP contribution in [0.3, 0.4) is 0 Å². The molecule has 1 aliphatic rings. The zero-order valence-electron chi connectivity index (χ0n) is 20.0. The van der Waals surface area contributed by atoms with Gasteiger partial charge in [-0.15, -0.1) is 0 Å². The van der Waals surface area contributed by atoms with E-state index in [1.807, 2.05) is 4.68 Å². The van der Waals surface area contributed by atoms with E-state index in [0.717, 1.165) is 62.3 Å². The minimum Gasteiger partial charge on any atom is -0.496 e. The highest BCUT2D eigenvalue weighted by Gasteiger charge is 2.18. The summed E-state index contributed by atoms with van der Waals surface area (Å²) in [7, 11) is 1.68. The van der Waals surface area contributed by atoms with Gasteiger partial charge in [-0.25, -0.2) is 4.98 Å². The molecule has 3 heterocycles. The number of hydrogen-bond acceptors (Lipinski definition) is 9. The molecule has 0 saturated carbocycles. The van der Waals surface area contributed by atoms with Crippen molar-refractivity contribution in [2.24, 2.45) is 0 Å². The molecule has 0 amide bonds. The van der Waals surface area contributed by atoms with Gasteiger partial charge in [-0.3, -0.25) is 4.68 Å². The van der Waals surface area contributed by atoms with Crippen LogP contribution in [0.25, 0.3) is 11.0 Å². The monoisotopic (exact) mass is 469 g/mol. The highest BCUT2D eigenvalue weighted by molar-refractivity contribution is 5.86. The van der Waals surface area contributed by atoms with Crippen LogP contribution in [0.4, 0.5) is 11.8 Å². The zero-order chi connectivity index (χ0) is 23.9. The smallest absolute Gasteiger partial charge is 0.222 e. The van der Waals surface area contributed by atoms with Gasteiger partial charge in [-0.05, 0) is 30.9 Å². The Morgan fingerprint density at radius 3 is 2.85 bits per heavy atom. The molecule has 1 fully saturated rings. The van der Waals surface area contributed by atoms with E-state index in [9.17, 15) is 5.11 Å². The van der Waals surface area contributed by atoms with E-state index >= 15 is 0 Å². The summed E-state index contributed by atoms with van der Waals surface area (Å²) in [5.74, 6) is 1.55. The van der Waals surface area contributed by atoms with Gasteiger partial charge in [0.15, 0.2) is 5.82 Å².